The van der Waals surface area contributed by atoms with Crippen molar-refractivity contribution in [1.82, 2.24) is 5.32 Å². The van der Waals surface area contributed by atoms with Crippen LogP contribution in [0.4, 0.5) is 0 Å². The van der Waals surface area contributed by atoms with Gasteiger partial charge in [0.15, 0.2) is 23.6 Å². The molecule has 5 fully saturated rings. The fourth-order valence-corrected chi connectivity index (χ4v) is 16.3. The number of ketones is 1. The summed E-state index contributed by atoms with van der Waals surface area (Å²) in [5.74, 6) is -8.15. The van der Waals surface area contributed by atoms with E-state index in [1.807, 2.05) is 13.0 Å². The Morgan fingerprint density at radius 3 is 2.05 bits per heavy atom. The fraction of sp³-hybridized carbons (Fsp3) is 0.507. The average Bonchev–Trinajstić information content (AvgIpc) is 0.753. The van der Waals surface area contributed by atoms with Crippen molar-refractivity contribution in [3.63, 3.8) is 0 Å². The van der Waals surface area contributed by atoms with Crippen LogP contribution in [0.1, 0.15) is 142 Å². The normalized spacial score (nSPS) is 34.4. The summed E-state index contributed by atoms with van der Waals surface area (Å²) >= 11 is 0. The van der Waals surface area contributed by atoms with Gasteiger partial charge in [0, 0.05) is 42.1 Å². The van der Waals surface area contributed by atoms with Gasteiger partial charge in [-0.3, -0.25) is 24.0 Å². The molecule has 0 spiro atoms. The summed E-state index contributed by atoms with van der Waals surface area (Å²) in [5, 5.41) is 63.4. The number of rotatable bonds is 14. The van der Waals surface area contributed by atoms with Crippen LogP contribution < -0.4 is 5.32 Å². The molecule has 2 bridgehead atoms. The Balaban J connectivity index is 0.970. The first-order valence-electron chi connectivity index (χ1n) is 29.7. The zero-order chi connectivity index (χ0) is 61.4. The van der Waals surface area contributed by atoms with Crippen molar-refractivity contribution in [2.45, 2.75) is 171 Å². The van der Waals surface area contributed by atoms with Crippen LogP contribution in [0.2, 0.25) is 0 Å². The number of esters is 5. The maximum atomic E-state index is 16.4. The number of aliphatic hydroxyl groups is 4. The molecule has 1 heterocycles. The van der Waals surface area contributed by atoms with E-state index in [0.717, 1.165) is 30.9 Å². The molecule has 86 heavy (non-hydrogen) atoms. The van der Waals surface area contributed by atoms with Crippen LogP contribution in [-0.4, -0.2) is 134 Å². The zero-order valence-corrected chi connectivity index (χ0v) is 49.0. The predicted octanol–water partition coefficient (Wildman–Crippen LogP) is 6.64. The number of phenolic OH excluding ortho intramolecular Hbond substituents is 1. The molecule has 1 saturated heterocycles. The van der Waals surface area contributed by atoms with Gasteiger partial charge in [-0.2, -0.15) is 0 Å². The molecule has 0 unspecified atom stereocenters. The molecule has 1 amide bonds. The number of amides is 1. The fourth-order valence-electron chi connectivity index (χ4n) is 16.3. The Labute approximate surface area is 498 Å². The monoisotopic (exact) mass is 1180 g/mol. The van der Waals surface area contributed by atoms with Crippen molar-refractivity contribution < 1.29 is 87.5 Å². The van der Waals surface area contributed by atoms with Crippen molar-refractivity contribution in [3.8, 4) is 5.75 Å². The van der Waals surface area contributed by atoms with Crippen molar-refractivity contribution in [2.24, 2.45) is 34.0 Å². The van der Waals surface area contributed by atoms with E-state index in [0.29, 0.717) is 24.8 Å². The van der Waals surface area contributed by atoms with Gasteiger partial charge in [0.1, 0.15) is 35.8 Å². The van der Waals surface area contributed by atoms with Crippen LogP contribution in [0.3, 0.4) is 0 Å². The molecule has 0 aromatic heterocycles. The molecular weight excluding hydrogens is 1110 g/mol. The highest BCUT2D eigenvalue weighted by atomic mass is 16.6. The van der Waals surface area contributed by atoms with E-state index in [1.165, 1.54) is 39.8 Å². The van der Waals surface area contributed by atoms with E-state index in [2.05, 4.69) is 5.32 Å². The maximum Gasteiger partial charge on any atom is 0.338 e. The third-order valence-corrected chi connectivity index (χ3v) is 20.9. The lowest BCUT2D eigenvalue weighted by Gasteiger charge is -2.67. The van der Waals surface area contributed by atoms with Gasteiger partial charge in [0.2, 0.25) is 0 Å². The largest absolute Gasteiger partial charge is 0.508 e. The number of fused-ring (bicyclic) bond motifs is 10. The van der Waals surface area contributed by atoms with Gasteiger partial charge < -0.3 is 59.3 Å². The lowest BCUT2D eigenvalue weighted by molar-refractivity contribution is -0.346. The van der Waals surface area contributed by atoms with Crippen LogP contribution in [0, 0.1) is 34.0 Å². The second-order valence-electron chi connectivity index (χ2n) is 25.8. The topological polar surface area (TPSA) is 288 Å². The summed E-state index contributed by atoms with van der Waals surface area (Å²) in [6.07, 6.45) is -10.8. The van der Waals surface area contributed by atoms with Gasteiger partial charge in [-0.05, 0) is 122 Å². The van der Waals surface area contributed by atoms with Crippen molar-refractivity contribution in [1.29, 1.82) is 0 Å². The molecule has 19 nitrogen and oxygen atoms in total. The minimum Gasteiger partial charge on any atom is -0.508 e. The highest BCUT2D eigenvalue weighted by molar-refractivity contribution is 5.96. The highest BCUT2D eigenvalue weighted by Gasteiger charge is 2.78. The van der Waals surface area contributed by atoms with Crippen LogP contribution in [0.25, 0.3) is 0 Å². The van der Waals surface area contributed by atoms with E-state index >= 15 is 4.79 Å². The van der Waals surface area contributed by atoms with Crippen LogP contribution in [-0.2, 0) is 58.8 Å². The van der Waals surface area contributed by atoms with Gasteiger partial charge >= 0.3 is 29.8 Å². The molecule has 19 heteroatoms. The van der Waals surface area contributed by atoms with Crippen molar-refractivity contribution in [3.05, 3.63) is 148 Å². The molecule has 6 aliphatic carbocycles. The number of ether oxygens (including phenoxy) is 6. The lowest BCUT2D eigenvalue weighted by atomic mass is 9.44. The van der Waals surface area contributed by atoms with Crippen LogP contribution >= 0.6 is 0 Å². The Hall–Kier alpha value is -7.29. The third kappa shape index (κ3) is 10.1. The molecule has 6 N–H and O–H groups in total. The zero-order valence-electron chi connectivity index (χ0n) is 49.0. The average molecular weight is 1180 g/mol. The van der Waals surface area contributed by atoms with Gasteiger partial charge in [0.25, 0.3) is 5.91 Å². The Bertz CT molecular complexity index is 3350. The third-order valence-electron chi connectivity index (χ3n) is 20.9. The van der Waals surface area contributed by atoms with E-state index < -0.39 is 156 Å². The van der Waals surface area contributed by atoms with Gasteiger partial charge in [-0.25, -0.2) is 9.59 Å². The Morgan fingerprint density at radius 1 is 0.767 bits per heavy atom. The SMILES string of the molecule is CC(=O)O[C@@]12CO[C@@H]1C[C@H](O)[C@@]1(C)C(=O)[C@H](OC(=O)CCC(=O)O[C@@H]3C[C@]4(C)[C@@H](O)CC[C@H]4[C@@H]4CCc5cc(O)ccc5[C@H]43)C3=C(C)[C@@H](OC(=O)[C@H](O)[C@@H](NC(=O)c4ccccc4)c4ccccc4)C[C@@](O)([C@@H](OC(=O)c4ccccc4)[C@H]21)C3(C)C. The Kier molecular flexibility index (Phi) is 16.0. The summed E-state index contributed by atoms with van der Waals surface area (Å²) in [6.45, 7) is 8.70. The molecule has 4 saturated carbocycles. The number of nitrogens with one attached hydrogen (secondary N) is 1. The molecule has 1 aliphatic heterocycles. The molecule has 4 aromatic carbocycles. The second-order valence-corrected chi connectivity index (χ2v) is 25.8. The summed E-state index contributed by atoms with van der Waals surface area (Å²) < 4.78 is 37.7. The van der Waals surface area contributed by atoms with Crippen molar-refractivity contribution in [2.75, 3.05) is 6.61 Å². The number of carbonyl (C=O) groups is 7. The quantitative estimate of drug-likeness (QED) is 0.0438. The summed E-state index contributed by atoms with van der Waals surface area (Å²) in [6, 6.07) is 27.9. The van der Waals surface area contributed by atoms with Gasteiger partial charge in [0.05, 0.1) is 54.6 Å². The highest BCUT2D eigenvalue weighted by Crippen LogP contribution is 2.65. The summed E-state index contributed by atoms with van der Waals surface area (Å²) in [7, 11) is 0. The van der Waals surface area contributed by atoms with E-state index in [-0.39, 0.29) is 52.2 Å². The van der Waals surface area contributed by atoms with E-state index in [1.54, 1.807) is 91.0 Å². The van der Waals surface area contributed by atoms with Gasteiger partial charge in [-0.1, -0.05) is 93.6 Å². The first kappa shape index (κ1) is 60.4. The Morgan fingerprint density at radius 2 is 1.41 bits per heavy atom. The maximum absolute atomic E-state index is 16.4. The number of hydrogen-bond acceptors (Lipinski definition) is 18. The number of carbonyl (C=O) groups excluding carboxylic acids is 7. The number of benzene rings is 4. The second kappa shape index (κ2) is 22.8. The first-order chi connectivity index (χ1) is 40.8. The number of hydrogen-bond donors (Lipinski definition) is 6. The van der Waals surface area contributed by atoms with Crippen molar-refractivity contribution >= 4 is 41.5 Å². The smallest absolute Gasteiger partial charge is 0.338 e. The van der Waals surface area contributed by atoms with Gasteiger partial charge in [-0.15, -0.1) is 0 Å². The standard InChI is InChI=1S/C67H75NO18/c1-35-45(83-62(79)55(75)54(37-16-10-7-11-17-37)68-60(77)38-18-12-8-13-19-38)33-67(80)59(85-61(78)39-20-14-9-15-21-39)57-65(6,48(72)31-49-66(57,34-81-49)86-36(2)69)58(76)56(53(35)63(67,3)4)84-51(74)29-28-50(73)82-46-32-64(5)44(26-27-47(64)71)43-24-22-40-30-41(70)23-25-42(40)52(43)46/h7-21,23,25,30,43-49,52,54-57,59,70-72,75,80H,22,24,26-29,31-34H2,1-6H3,(H,68,77)/t43-,44-,45-,46+,47-,48-,49+,52+,54-,55+,56+,57-,59-,64-,65+,66-,67+/m0/s1. The summed E-state index contributed by atoms with van der Waals surface area (Å²) in [4.78, 5) is 102. The molecule has 11 rings (SSSR count). The summed E-state index contributed by atoms with van der Waals surface area (Å²) in [5.41, 5.74) is -6.63. The number of Topliss-reactive ketones (excluding diaryl/α,β-unsaturated/α-hetero) is 1. The molecule has 7 aliphatic rings. The number of aliphatic hydroxyl groups excluding tert-OH is 3. The van der Waals surface area contributed by atoms with Crippen LogP contribution in [0.5, 0.6) is 5.75 Å². The predicted molar refractivity (Wildman–Crippen MR) is 305 cm³/mol. The molecular formula is C67H75NO18. The van der Waals surface area contributed by atoms with E-state index in [9.17, 15) is 54.3 Å². The minimum atomic E-state index is -2.54. The minimum absolute atomic E-state index is 0.0219. The molecule has 0 radical (unpaired) electrons. The molecule has 456 valence electrons. The molecule has 4 aromatic rings. The lowest BCUT2D eigenvalue weighted by Crippen LogP contribution is -2.82. The number of phenols is 1. The first-order valence-corrected chi connectivity index (χ1v) is 29.7. The van der Waals surface area contributed by atoms with Crippen LogP contribution in [0.15, 0.2) is 120 Å². The molecule has 17 atom stereocenters. The number of aromatic hydroxyl groups is 1. The van der Waals surface area contributed by atoms with E-state index in [4.69, 9.17) is 28.4 Å². The number of aryl methyl sites for hydroxylation is 1.